The number of ether oxygens (including phenoxy) is 1. The lowest BCUT2D eigenvalue weighted by Crippen LogP contribution is -2.48. The van der Waals surface area contributed by atoms with Crippen molar-refractivity contribution in [3.8, 4) is 0 Å². The predicted molar refractivity (Wildman–Crippen MR) is 104 cm³/mol. The summed E-state index contributed by atoms with van der Waals surface area (Å²) in [6.45, 7) is 10.9. The Morgan fingerprint density at radius 1 is 1.12 bits per heavy atom. The van der Waals surface area contributed by atoms with E-state index in [1.165, 1.54) is 11.1 Å². The molecule has 0 fully saturated rings. The van der Waals surface area contributed by atoms with E-state index in [1.807, 2.05) is 13.8 Å². The fraction of sp³-hybridized carbons (Fsp3) is 0.500. The Kier molecular flexibility index (Phi) is 5.44. The van der Waals surface area contributed by atoms with E-state index >= 15 is 0 Å². The van der Waals surface area contributed by atoms with E-state index in [-0.39, 0.29) is 5.56 Å². The highest BCUT2D eigenvalue weighted by Crippen LogP contribution is 2.31. The molecule has 1 aliphatic heterocycles. The number of fused-ring (bicyclic) bond motifs is 1. The van der Waals surface area contributed by atoms with Crippen molar-refractivity contribution in [3.05, 3.63) is 50.9 Å². The molecule has 140 valence electrons. The third kappa shape index (κ3) is 3.39. The number of rotatable bonds is 5. The van der Waals surface area contributed by atoms with Crippen LogP contribution < -0.4 is 10.5 Å². The highest BCUT2D eigenvalue weighted by molar-refractivity contribution is 5.64. The molecule has 6 nitrogen and oxygen atoms in total. The summed E-state index contributed by atoms with van der Waals surface area (Å²) in [4.78, 5) is 22.1. The second kappa shape index (κ2) is 7.60. The van der Waals surface area contributed by atoms with Crippen molar-refractivity contribution in [1.82, 2.24) is 14.5 Å². The molecule has 6 heteroatoms. The quantitative estimate of drug-likeness (QED) is 0.771. The van der Waals surface area contributed by atoms with Gasteiger partial charge in [0.2, 0.25) is 5.95 Å². The maximum atomic E-state index is 12.9. The molecule has 0 atom stereocenters. The number of aromatic nitrogens is 2. The van der Waals surface area contributed by atoms with E-state index in [0.29, 0.717) is 25.5 Å². The van der Waals surface area contributed by atoms with Crippen LogP contribution in [-0.4, -0.2) is 41.4 Å². The first kappa shape index (κ1) is 18.6. The summed E-state index contributed by atoms with van der Waals surface area (Å²) < 4.78 is 6.98. The number of aryl methyl sites for hydroxylation is 2. The van der Waals surface area contributed by atoms with Gasteiger partial charge in [0.05, 0.1) is 13.3 Å². The topological polar surface area (TPSA) is 50.6 Å². The minimum Gasteiger partial charge on any atom is -0.385 e. The highest BCUT2D eigenvalue weighted by atomic mass is 16.5. The minimum absolute atomic E-state index is 0.0410. The predicted octanol–water partition coefficient (Wildman–Crippen LogP) is 2.88. The molecular formula is C20H28N4O2. The van der Waals surface area contributed by atoms with Gasteiger partial charge in [0.15, 0.2) is 0 Å². The monoisotopic (exact) mass is 356 g/mol. The third-order valence-corrected chi connectivity index (χ3v) is 5.23. The first-order valence-electron chi connectivity index (χ1n) is 9.07. The van der Waals surface area contributed by atoms with Crippen LogP contribution in [0.15, 0.2) is 23.0 Å². The summed E-state index contributed by atoms with van der Waals surface area (Å²) in [6.07, 6.45) is 0.930. The van der Waals surface area contributed by atoms with Gasteiger partial charge in [-0.1, -0.05) is 12.1 Å². The summed E-state index contributed by atoms with van der Waals surface area (Å²) >= 11 is 0. The van der Waals surface area contributed by atoms with Crippen LogP contribution in [0.3, 0.4) is 0 Å². The van der Waals surface area contributed by atoms with Crippen LogP contribution in [0.4, 0.5) is 11.6 Å². The molecule has 0 N–H and O–H groups in total. The van der Waals surface area contributed by atoms with Crippen molar-refractivity contribution < 1.29 is 4.74 Å². The van der Waals surface area contributed by atoms with Gasteiger partial charge in [-0.3, -0.25) is 19.2 Å². The van der Waals surface area contributed by atoms with Gasteiger partial charge >= 0.3 is 0 Å². The highest BCUT2D eigenvalue weighted by Gasteiger charge is 2.27. The van der Waals surface area contributed by atoms with Crippen molar-refractivity contribution in [3.63, 3.8) is 0 Å². The van der Waals surface area contributed by atoms with Crippen LogP contribution in [0.5, 0.6) is 0 Å². The van der Waals surface area contributed by atoms with Gasteiger partial charge in [0.25, 0.3) is 5.56 Å². The number of nitrogens with zero attached hydrogens (tertiary/aromatic N) is 4. The van der Waals surface area contributed by atoms with E-state index in [0.717, 1.165) is 30.3 Å². The minimum atomic E-state index is 0.0410. The Bertz CT molecular complexity index is 860. The molecule has 0 spiro atoms. The zero-order valence-corrected chi connectivity index (χ0v) is 16.4. The fourth-order valence-corrected chi connectivity index (χ4v) is 3.37. The Balaban J connectivity index is 2.08. The third-order valence-electron chi connectivity index (χ3n) is 5.23. The van der Waals surface area contributed by atoms with E-state index in [2.05, 4.69) is 41.8 Å². The lowest BCUT2D eigenvalue weighted by molar-refractivity contribution is 0.150. The molecule has 1 aliphatic rings. The van der Waals surface area contributed by atoms with Crippen LogP contribution in [0.1, 0.15) is 28.8 Å². The molecule has 2 heterocycles. The first-order valence-corrected chi connectivity index (χ1v) is 9.07. The maximum absolute atomic E-state index is 12.9. The molecular weight excluding hydrogens is 328 g/mol. The average molecular weight is 356 g/mol. The van der Waals surface area contributed by atoms with Crippen LogP contribution in [0.2, 0.25) is 0 Å². The molecule has 26 heavy (non-hydrogen) atoms. The molecule has 1 aromatic carbocycles. The fourth-order valence-electron chi connectivity index (χ4n) is 3.37. The molecule has 0 amide bonds. The molecule has 1 aromatic heterocycles. The zero-order chi connectivity index (χ0) is 18.8. The standard InChI is InChI=1S/C20H28N4O2/c1-14-8-6-9-18(15(14)2)23-12-22(10-7-11-26-5)13-24-19(25)16(3)17(4)21-20(23)24/h6,8-9H,7,10-13H2,1-5H3. The molecule has 0 saturated carbocycles. The number of anilines is 2. The summed E-state index contributed by atoms with van der Waals surface area (Å²) in [7, 11) is 1.72. The molecule has 0 aliphatic carbocycles. The van der Waals surface area contributed by atoms with Crippen molar-refractivity contribution in [1.29, 1.82) is 0 Å². The van der Waals surface area contributed by atoms with Crippen molar-refractivity contribution in [2.75, 3.05) is 31.8 Å². The van der Waals surface area contributed by atoms with Gasteiger partial charge in [-0.05, 0) is 51.3 Å². The van der Waals surface area contributed by atoms with Gasteiger partial charge in [-0.15, -0.1) is 0 Å². The average Bonchev–Trinajstić information content (AvgIpc) is 2.62. The van der Waals surface area contributed by atoms with Crippen molar-refractivity contribution in [2.45, 2.75) is 40.8 Å². The van der Waals surface area contributed by atoms with Crippen LogP contribution in [0, 0.1) is 27.7 Å². The van der Waals surface area contributed by atoms with Crippen molar-refractivity contribution >= 4 is 11.6 Å². The van der Waals surface area contributed by atoms with Crippen LogP contribution in [-0.2, 0) is 11.4 Å². The first-order chi connectivity index (χ1) is 12.4. The number of methoxy groups -OCH3 is 1. The van der Waals surface area contributed by atoms with E-state index in [9.17, 15) is 4.79 Å². The van der Waals surface area contributed by atoms with Gasteiger partial charge in [0.1, 0.15) is 0 Å². The summed E-state index contributed by atoms with van der Waals surface area (Å²) in [5, 5.41) is 0. The number of hydrogen-bond donors (Lipinski definition) is 0. The Hall–Kier alpha value is -2.18. The second-order valence-electron chi connectivity index (χ2n) is 7.03. The number of hydrogen-bond acceptors (Lipinski definition) is 5. The zero-order valence-electron chi connectivity index (χ0n) is 16.4. The Morgan fingerprint density at radius 3 is 2.62 bits per heavy atom. The SMILES string of the molecule is COCCCN1CN(c2cccc(C)c2C)c2nc(C)c(C)c(=O)n2C1. The summed E-state index contributed by atoms with van der Waals surface area (Å²) in [6, 6.07) is 6.28. The van der Waals surface area contributed by atoms with Crippen molar-refractivity contribution in [2.24, 2.45) is 0 Å². The summed E-state index contributed by atoms with van der Waals surface area (Å²) in [5.41, 5.74) is 5.10. The molecule has 3 rings (SSSR count). The Labute approximate surface area is 155 Å². The lowest BCUT2D eigenvalue weighted by Gasteiger charge is -2.39. The normalized spacial score (nSPS) is 14.6. The van der Waals surface area contributed by atoms with Crippen LogP contribution in [0.25, 0.3) is 0 Å². The van der Waals surface area contributed by atoms with Gasteiger partial charge in [-0.25, -0.2) is 4.98 Å². The Morgan fingerprint density at radius 2 is 1.88 bits per heavy atom. The molecule has 0 radical (unpaired) electrons. The molecule has 0 bridgehead atoms. The van der Waals surface area contributed by atoms with E-state index in [4.69, 9.17) is 9.72 Å². The largest absolute Gasteiger partial charge is 0.385 e. The van der Waals surface area contributed by atoms with Gasteiger partial charge < -0.3 is 4.74 Å². The molecule has 2 aromatic rings. The number of benzene rings is 1. The van der Waals surface area contributed by atoms with Crippen LogP contribution >= 0.6 is 0 Å². The summed E-state index contributed by atoms with van der Waals surface area (Å²) in [5.74, 6) is 0.731. The smallest absolute Gasteiger partial charge is 0.259 e. The maximum Gasteiger partial charge on any atom is 0.259 e. The second-order valence-corrected chi connectivity index (χ2v) is 7.03. The molecule has 0 unspecified atom stereocenters. The van der Waals surface area contributed by atoms with Gasteiger partial charge in [-0.2, -0.15) is 0 Å². The molecule has 0 saturated heterocycles. The van der Waals surface area contributed by atoms with Gasteiger partial charge in [0, 0.05) is 37.2 Å². The van der Waals surface area contributed by atoms with E-state index in [1.54, 1.807) is 11.7 Å². The van der Waals surface area contributed by atoms with E-state index < -0.39 is 0 Å². The lowest BCUT2D eigenvalue weighted by atomic mass is 10.1.